The number of aromatic nitrogens is 2. The van der Waals surface area contributed by atoms with Crippen LogP contribution in [0.5, 0.6) is 5.75 Å². The van der Waals surface area contributed by atoms with Crippen molar-refractivity contribution in [1.29, 1.82) is 0 Å². The summed E-state index contributed by atoms with van der Waals surface area (Å²) in [6.07, 6.45) is 1.65. The van der Waals surface area contributed by atoms with E-state index in [1.54, 1.807) is 19.4 Å². The summed E-state index contributed by atoms with van der Waals surface area (Å²) in [6, 6.07) is 11.1. The molecule has 2 heterocycles. The second-order valence-corrected chi connectivity index (χ2v) is 4.34. The summed E-state index contributed by atoms with van der Waals surface area (Å²) in [5.74, 6) is -0.249. The fourth-order valence-electron chi connectivity index (χ4n) is 2.18. The van der Waals surface area contributed by atoms with E-state index in [0.29, 0.717) is 5.65 Å². The number of hydrogen-bond acceptors (Lipinski definition) is 3. The summed E-state index contributed by atoms with van der Waals surface area (Å²) < 4.78 is 5.21. The number of aromatic carboxylic acids is 1. The first kappa shape index (κ1) is 12.2. The molecule has 0 saturated carbocycles. The largest absolute Gasteiger partial charge is 0.497 e. The first-order valence-electron chi connectivity index (χ1n) is 6.04. The Bertz CT molecular complexity index is 793. The molecule has 0 spiro atoms. The molecule has 100 valence electrons. The summed E-state index contributed by atoms with van der Waals surface area (Å²) in [5.41, 5.74) is 2.55. The molecule has 0 bridgehead atoms. The second kappa shape index (κ2) is 4.70. The average Bonchev–Trinajstić information content (AvgIpc) is 2.91. The van der Waals surface area contributed by atoms with Crippen molar-refractivity contribution in [1.82, 2.24) is 9.97 Å². The molecule has 2 N–H and O–H groups in total. The van der Waals surface area contributed by atoms with Crippen molar-refractivity contribution in [2.45, 2.75) is 0 Å². The van der Waals surface area contributed by atoms with Gasteiger partial charge in [0.1, 0.15) is 17.1 Å². The van der Waals surface area contributed by atoms with Crippen LogP contribution in [0.25, 0.3) is 22.2 Å². The zero-order chi connectivity index (χ0) is 14.1. The van der Waals surface area contributed by atoms with Gasteiger partial charge in [-0.1, -0.05) is 12.1 Å². The van der Waals surface area contributed by atoms with Crippen LogP contribution in [0.3, 0.4) is 0 Å². The fraction of sp³-hybridized carbons (Fsp3) is 0.0667. The van der Waals surface area contributed by atoms with Crippen molar-refractivity contribution in [3.05, 3.63) is 48.3 Å². The number of nitrogens with one attached hydrogen (secondary N) is 1. The number of nitrogens with zero attached hydrogens (tertiary/aromatic N) is 1. The van der Waals surface area contributed by atoms with Crippen LogP contribution >= 0.6 is 0 Å². The minimum absolute atomic E-state index is 0.128. The molecule has 0 aliphatic heterocycles. The van der Waals surface area contributed by atoms with Crippen LogP contribution in [0.2, 0.25) is 0 Å². The Balaban J connectivity index is 2.22. The second-order valence-electron chi connectivity index (χ2n) is 4.34. The van der Waals surface area contributed by atoms with E-state index in [2.05, 4.69) is 9.97 Å². The lowest BCUT2D eigenvalue weighted by Gasteiger charge is -2.05. The van der Waals surface area contributed by atoms with Gasteiger partial charge in [-0.05, 0) is 35.4 Å². The molecule has 5 nitrogen and oxygen atoms in total. The van der Waals surface area contributed by atoms with Gasteiger partial charge in [-0.15, -0.1) is 0 Å². The first-order chi connectivity index (χ1) is 9.69. The number of carboxylic acid groups (broad SMARTS) is 1. The molecule has 20 heavy (non-hydrogen) atoms. The molecule has 0 amide bonds. The van der Waals surface area contributed by atoms with Crippen molar-refractivity contribution >= 4 is 17.0 Å². The van der Waals surface area contributed by atoms with Crippen molar-refractivity contribution in [2.24, 2.45) is 0 Å². The molecule has 3 rings (SSSR count). The van der Waals surface area contributed by atoms with Gasteiger partial charge in [-0.2, -0.15) is 0 Å². The molecule has 0 aliphatic carbocycles. The van der Waals surface area contributed by atoms with Gasteiger partial charge in [0.15, 0.2) is 0 Å². The molecule has 0 atom stereocenters. The third-order valence-corrected chi connectivity index (χ3v) is 3.14. The highest BCUT2D eigenvalue weighted by Gasteiger charge is 2.12. The Morgan fingerprint density at radius 2 is 2.15 bits per heavy atom. The standard InChI is InChI=1S/C15H12N2O3/c1-20-10-4-2-3-9(7-10)11-5-6-16-14-12(11)8-13(17-14)15(18)19/h2-8H,1H3,(H,16,17)(H,18,19). The van der Waals surface area contributed by atoms with E-state index in [1.807, 2.05) is 30.3 Å². The van der Waals surface area contributed by atoms with E-state index < -0.39 is 5.97 Å². The smallest absolute Gasteiger partial charge is 0.352 e. The lowest BCUT2D eigenvalue weighted by Crippen LogP contribution is -1.94. The minimum Gasteiger partial charge on any atom is -0.497 e. The Hall–Kier alpha value is -2.82. The number of benzene rings is 1. The van der Waals surface area contributed by atoms with Gasteiger partial charge in [0.25, 0.3) is 0 Å². The zero-order valence-corrected chi connectivity index (χ0v) is 10.8. The Morgan fingerprint density at radius 1 is 1.30 bits per heavy atom. The highest BCUT2D eigenvalue weighted by Crippen LogP contribution is 2.30. The number of rotatable bonds is 3. The van der Waals surface area contributed by atoms with Gasteiger partial charge in [-0.3, -0.25) is 0 Å². The van der Waals surface area contributed by atoms with Gasteiger partial charge in [-0.25, -0.2) is 9.78 Å². The number of aromatic amines is 1. The Morgan fingerprint density at radius 3 is 2.90 bits per heavy atom. The molecule has 0 radical (unpaired) electrons. The van der Waals surface area contributed by atoms with Crippen molar-refractivity contribution in [3.63, 3.8) is 0 Å². The lowest BCUT2D eigenvalue weighted by molar-refractivity contribution is 0.0691. The van der Waals surface area contributed by atoms with Gasteiger partial charge < -0.3 is 14.8 Å². The highest BCUT2D eigenvalue weighted by molar-refractivity contribution is 5.99. The maximum Gasteiger partial charge on any atom is 0.352 e. The number of H-pyrrole nitrogens is 1. The molecule has 2 aromatic heterocycles. The summed E-state index contributed by atoms with van der Waals surface area (Å²) in [5, 5.41) is 9.83. The molecular weight excluding hydrogens is 256 g/mol. The van der Waals surface area contributed by atoms with E-state index in [9.17, 15) is 4.79 Å². The predicted molar refractivity (Wildman–Crippen MR) is 75.0 cm³/mol. The number of carbonyl (C=O) groups is 1. The molecule has 5 heteroatoms. The molecule has 0 fully saturated rings. The number of hydrogen-bond donors (Lipinski definition) is 2. The van der Waals surface area contributed by atoms with Gasteiger partial charge in [0.2, 0.25) is 0 Å². The molecule has 1 aromatic carbocycles. The van der Waals surface area contributed by atoms with E-state index in [1.165, 1.54) is 0 Å². The molecule has 0 aliphatic rings. The van der Waals surface area contributed by atoms with Crippen LogP contribution in [-0.4, -0.2) is 28.2 Å². The van der Waals surface area contributed by atoms with Crippen molar-refractivity contribution in [3.8, 4) is 16.9 Å². The molecule has 0 saturated heterocycles. The predicted octanol–water partition coefficient (Wildman–Crippen LogP) is 2.94. The summed E-state index contributed by atoms with van der Waals surface area (Å²) in [7, 11) is 1.61. The van der Waals surface area contributed by atoms with E-state index in [-0.39, 0.29) is 5.69 Å². The van der Waals surface area contributed by atoms with Gasteiger partial charge >= 0.3 is 5.97 Å². The molecule has 0 unspecified atom stereocenters. The number of methoxy groups -OCH3 is 1. The van der Waals surface area contributed by atoms with Crippen LogP contribution in [0.15, 0.2) is 42.6 Å². The third kappa shape index (κ3) is 1.99. The average molecular weight is 268 g/mol. The van der Waals surface area contributed by atoms with Crippen LogP contribution in [0, 0.1) is 0 Å². The van der Waals surface area contributed by atoms with E-state index >= 15 is 0 Å². The van der Waals surface area contributed by atoms with Crippen molar-refractivity contribution in [2.75, 3.05) is 7.11 Å². The summed E-state index contributed by atoms with van der Waals surface area (Å²) in [6.45, 7) is 0. The van der Waals surface area contributed by atoms with Crippen LogP contribution in [0.4, 0.5) is 0 Å². The summed E-state index contributed by atoms with van der Waals surface area (Å²) in [4.78, 5) is 18.0. The highest BCUT2D eigenvalue weighted by atomic mass is 16.5. The number of carboxylic acids is 1. The maximum atomic E-state index is 11.0. The Kier molecular flexibility index (Phi) is 2.87. The molecular formula is C15H12N2O3. The zero-order valence-electron chi connectivity index (χ0n) is 10.8. The van der Waals surface area contributed by atoms with Crippen LogP contribution in [0.1, 0.15) is 10.5 Å². The number of fused-ring (bicyclic) bond motifs is 1. The number of pyridine rings is 1. The van der Waals surface area contributed by atoms with Crippen molar-refractivity contribution < 1.29 is 14.6 Å². The topological polar surface area (TPSA) is 75.2 Å². The van der Waals surface area contributed by atoms with Gasteiger partial charge in [0, 0.05) is 11.6 Å². The quantitative estimate of drug-likeness (QED) is 0.765. The summed E-state index contributed by atoms with van der Waals surface area (Å²) >= 11 is 0. The van der Waals surface area contributed by atoms with E-state index in [0.717, 1.165) is 22.3 Å². The maximum absolute atomic E-state index is 11.0. The minimum atomic E-state index is -1.00. The van der Waals surface area contributed by atoms with Crippen LogP contribution in [-0.2, 0) is 0 Å². The normalized spacial score (nSPS) is 10.7. The first-order valence-corrected chi connectivity index (χ1v) is 6.04. The Labute approximate surface area is 114 Å². The SMILES string of the molecule is COc1cccc(-c2ccnc3[nH]c(C(=O)O)cc23)c1. The van der Waals surface area contributed by atoms with Crippen LogP contribution < -0.4 is 4.74 Å². The molecule has 3 aromatic rings. The third-order valence-electron chi connectivity index (χ3n) is 3.14. The fourth-order valence-corrected chi connectivity index (χ4v) is 2.18. The van der Waals surface area contributed by atoms with Gasteiger partial charge in [0.05, 0.1) is 7.11 Å². The van der Waals surface area contributed by atoms with E-state index in [4.69, 9.17) is 9.84 Å². The lowest BCUT2D eigenvalue weighted by atomic mass is 10.0. The monoisotopic (exact) mass is 268 g/mol. The number of ether oxygens (including phenoxy) is 1.